The minimum absolute atomic E-state index is 0.826. The number of benzene rings is 4. The predicted molar refractivity (Wildman–Crippen MR) is 164 cm³/mol. The van der Waals surface area contributed by atoms with Gasteiger partial charge in [-0.15, -0.1) is 82.2 Å². The van der Waals surface area contributed by atoms with E-state index in [1.807, 2.05) is 0 Å². The summed E-state index contributed by atoms with van der Waals surface area (Å²) in [4.78, 5) is 0. The van der Waals surface area contributed by atoms with Crippen LogP contribution in [0.3, 0.4) is 0 Å². The molecule has 0 aliphatic carbocycles. The minimum atomic E-state index is -0.826. The van der Waals surface area contributed by atoms with Crippen LogP contribution >= 0.6 is 17.0 Å². The van der Waals surface area contributed by atoms with Gasteiger partial charge in [0.05, 0.1) is 0 Å². The average molecular weight is 623 g/mol. The van der Waals surface area contributed by atoms with Gasteiger partial charge in [-0.3, -0.25) is 0 Å². The van der Waals surface area contributed by atoms with Gasteiger partial charge in [-0.1, -0.05) is 60.7 Å². The molecule has 0 atom stereocenters. The maximum Gasteiger partial charge on any atom is 0.0149 e. The maximum absolute atomic E-state index is 4.93. The summed E-state index contributed by atoms with van der Waals surface area (Å²) < 4.78 is 4.40. The number of hydrogen-bond donors (Lipinski definition) is 0. The first-order valence-corrected chi connectivity index (χ1v) is 19.0. The minimum Gasteiger partial charge on any atom is -0.341 e. The zero-order valence-corrected chi connectivity index (χ0v) is 25.0. The molecule has 0 aliphatic heterocycles. The Kier molecular flexibility index (Phi) is 7.84. The predicted octanol–water partition coefficient (Wildman–Crippen LogP) is 10.4. The second-order valence-corrected chi connectivity index (χ2v) is 13.1. The number of aromatic nitrogens is 2. The molecule has 0 aliphatic rings. The summed E-state index contributed by atoms with van der Waals surface area (Å²) >= 11 is -0.826. The van der Waals surface area contributed by atoms with E-state index in [2.05, 4.69) is 155 Å². The molecule has 0 saturated heterocycles. The van der Waals surface area contributed by atoms with Gasteiger partial charge in [0.25, 0.3) is 0 Å². The van der Waals surface area contributed by atoms with E-state index in [1.54, 1.807) is 0 Å². The van der Waals surface area contributed by atoms with Gasteiger partial charge in [0.15, 0.2) is 0 Å². The summed E-state index contributed by atoms with van der Waals surface area (Å²) in [6, 6.07) is 42.8. The van der Waals surface area contributed by atoms with Gasteiger partial charge in [-0.05, 0) is 32.9 Å². The molecule has 188 valence electrons. The fraction of sp³-hybridized carbons (Fsp3) is 0. The molecular weight excluding hydrogens is 599 g/mol. The van der Waals surface area contributed by atoms with E-state index in [9.17, 15) is 0 Å². The monoisotopic (exact) mass is 620 g/mol. The third-order valence-corrected chi connectivity index (χ3v) is 6.91. The third-order valence-electron chi connectivity index (χ3n) is 6.91. The van der Waals surface area contributed by atoms with E-state index in [1.165, 1.54) is 54.5 Å². The molecule has 0 spiro atoms. The Bertz CT molecular complexity index is 1570. The van der Waals surface area contributed by atoms with Crippen LogP contribution in [0.4, 0.5) is 0 Å². The van der Waals surface area contributed by atoms with Crippen molar-refractivity contribution in [2.24, 2.45) is 0 Å². The Hall–Kier alpha value is -3.36. The van der Waals surface area contributed by atoms with Crippen LogP contribution in [0.5, 0.6) is 0 Å². The summed E-state index contributed by atoms with van der Waals surface area (Å²) in [6.45, 7) is 0. The van der Waals surface area contributed by atoms with Crippen LogP contribution in [-0.2, 0) is 20.8 Å². The molecule has 39 heavy (non-hydrogen) atoms. The van der Waals surface area contributed by atoms with E-state index in [0.29, 0.717) is 0 Å². The van der Waals surface area contributed by atoms with E-state index in [-0.39, 0.29) is 0 Å². The number of fused-ring (bicyclic) bond motifs is 4. The Morgan fingerprint density at radius 1 is 0.436 bits per heavy atom. The van der Waals surface area contributed by atoms with Crippen molar-refractivity contribution >= 4 is 60.1 Å². The molecule has 0 amide bonds. The van der Waals surface area contributed by atoms with E-state index >= 15 is 0 Å². The van der Waals surface area contributed by atoms with Gasteiger partial charge >= 0.3 is 37.9 Å². The topological polar surface area (TPSA) is 9.86 Å². The Balaban J connectivity index is 0.000000129. The number of hydrogen-bond acceptors (Lipinski definition) is 0. The SMILES string of the molecule is [Cl][Zr+2][Cl].c1ccc2cn(-c3cc4ccccc4[cH-]3)cc2c1.c1ccc2cn(-c3cc4ccccc4[cH-]3)cc2c1. The van der Waals surface area contributed by atoms with Crippen molar-refractivity contribution in [1.82, 2.24) is 9.13 Å². The van der Waals surface area contributed by atoms with Gasteiger partial charge in [-0.25, -0.2) is 0 Å². The van der Waals surface area contributed by atoms with Crippen molar-refractivity contribution in [3.63, 3.8) is 0 Å². The second kappa shape index (κ2) is 11.8. The average Bonchev–Trinajstić information content (AvgIpc) is 3.76. The van der Waals surface area contributed by atoms with Gasteiger partial charge in [0, 0.05) is 24.8 Å². The molecule has 8 aromatic rings. The maximum atomic E-state index is 4.93. The van der Waals surface area contributed by atoms with Gasteiger partial charge < -0.3 is 9.13 Å². The van der Waals surface area contributed by atoms with E-state index in [4.69, 9.17) is 17.0 Å². The van der Waals surface area contributed by atoms with Crippen molar-refractivity contribution in [1.29, 1.82) is 0 Å². The van der Waals surface area contributed by atoms with Crippen molar-refractivity contribution in [2.45, 2.75) is 0 Å². The Morgan fingerprint density at radius 3 is 1.03 bits per heavy atom. The first kappa shape index (κ1) is 25.9. The molecular formula is C34H24Cl2N2Zr. The van der Waals surface area contributed by atoms with Crippen LogP contribution in [0.2, 0.25) is 0 Å². The van der Waals surface area contributed by atoms with Crippen molar-refractivity contribution < 1.29 is 20.8 Å². The molecule has 0 bridgehead atoms. The summed E-state index contributed by atoms with van der Waals surface area (Å²) in [5, 5.41) is 10.3. The molecule has 0 saturated carbocycles. The van der Waals surface area contributed by atoms with Crippen LogP contribution in [0.15, 0.2) is 146 Å². The molecule has 6 aromatic carbocycles. The van der Waals surface area contributed by atoms with Gasteiger partial charge in [-0.2, -0.15) is 0 Å². The molecule has 5 heteroatoms. The summed E-state index contributed by atoms with van der Waals surface area (Å²) in [7, 11) is 9.87. The second-order valence-electron chi connectivity index (χ2n) is 9.35. The largest absolute Gasteiger partial charge is 0.341 e. The zero-order valence-electron chi connectivity index (χ0n) is 21.0. The van der Waals surface area contributed by atoms with Crippen molar-refractivity contribution in [2.75, 3.05) is 0 Å². The Morgan fingerprint density at radius 2 is 0.718 bits per heavy atom. The molecule has 8 rings (SSSR count). The van der Waals surface area contributed by atoms with Crippen molar-refractivity contribution in [3.8, 4) is 11.4 Å². The van der Waals surface area contributed by atoms with Crippen LogP contribution in [0.1, 0.15) is 0 Å². The molecule has 0 N–H and O–H groups in total. The van der Waals surface area contributed by atoms with E-state index < -0.39 is 20.8 Å². The first-order chi connectivity index (χ1) is 19.2. The van der Waals surface area contributed by atoms with Crippen LogP contribution in [0.25, 0.3) is 54.5 Å². The number of halogens is 2. The van der Waals surface area contributed by atoms with Gasteiger partial charge in [0.2, 0.25) is 0 Å². The van der Waals surface area contributed by atoms with Gasteiger partial charge in [0.1, 0.15) is 0 Å². The Labute approximate surface area is 246 Å². The molecule has 0 fully saturated rings. The smallest absolute Gasteiger partial charge is 0.0149 e. The number of nitrogens with zero attached hydrogens (tertiary/aromatic N) is 2. The molecule has 0 unspecified atom stereocenters. The third kappa shape index (κ3) is 5.68. The zero-order chi connectivity index (χ0) is 26.6. The standard InChI is InChI=1S/2C17H12N.2ClH.Zr/c2*1-2-6-14-10-17(9-13(14)5-1)18-11-15-7-3-4-8-16(15)12-18;;;/h2*1-12H;2*1H;/q2*-1;;;+4/p-2. The normalized spacial score (nSPS) is 10.7. The summed E-state index contributed by atoms with van der Waals surface area (Å²) in [5.41, 5.74) is 2.46. The summed E-state index contributed by atoms with van der Waals surface area (Å²) in [5.74, 6) is 0. The molecule has 2 nitrogen and oxygen atoms in total. The fourth-order valence-corrected chi connectivity index (χ4v) is 5.03. The fourth-order valence-electron chi connectivity index (χ4n) is 5.03. The number of rotatable bonds is 2. The quantitative estimate of drug-likeness (QED) is 0.170. The van der Waals surface area contributed by atoms with Crippen LogP contribution in [0, 0.1) is 0 Å². The molecule has 2 heterocycles. The van der Waals surface area contributed by atoms with Crippen LogP contribution < -0.4 is 0 Å². The molecule has 0 radical (unpaired) electrons. The first-order valence-electron chi connectivity index (χ1n) is 12.6. The van der Waals surface area contributed by atoms with Crippen LogP contribution in [-0.4, -0.2) is 9.13 Å². The van der Waals surface area contributed by atoms with E-state index in [0.717, 1.165) is 0 Å². The molecule has 2 aromatic heterocycles. The van der Waals surface area contributed by atoms with Crippen molar-refractivity contribution in [3.05, 3.63) is 146 Å². The summed E-state index contributed by atoms with van der Waals surface area (Å²) in [6.07, 6.45) is 8.74.